The molecule has 0 aliphatic heterocycles. The number of rotatable bonds is 5. The largest absolute Gasteiger partial charge is 0.298 e. The van der Waals surface area contributed by atoms with Gasteiger partial charge in [0.25, 0.3) is 0 Å². The fourth-order valence-electron chi connectivity index (χ4n) is 2.94. The molecule has 4 nitrogen and oxygen atoms in total. The van der Waals surface area contributed by atoms with Crippen LogP contribution in [0.15, 0.2) is 85.2 Å². The molecule has 134 valence electrons. The molecule has 4 heteroatoms. The first kappa shape index (κ1) is 17.5. The molecule has 0 aliphatic carbocycles. The van der Waals surface area contributed by atoms with E-state index in [0.29, 0.717) is 11.1 Å². The molecule has 0 N–H and O–H groups in total. The second-order valence-electron chi connectivity index (χ2n) is 6.34. The summed E-state index contributed by atoms with van der Waals surface area (Å²) in [5.41, 5.74) is 6.85. The molecule has 0 spiro atoms. The Morgan fingerprint density at radius 3 is 1.11 bits per heavy atom. The lowest BCUT2D eigenvalue weighted by Gasteiger charge is -2.06. The Bertz CT molecular complexity index is 1010. The van der Waals surface area contributed by atoms with Crippen LogP contribution < -0.4 is 0 Å². The maximum Gasteiger partial charge on any atom is 0.150 e. The Kier molecular flexibility index (Phi) is 4.85. The van der Waals surface area contributed by atoms with E-state index in [2.05, 4.69) is 9.97 Å². The van der Waals surface area contributed by atoms with Crippen LogP contribution in [0, 0.1) is 0 Å². The lowest BCUT2D eigenvalue weighted by Crippen LogP contribution is -1.89. The van der Waals surface area contributed by atoms with Crippen LogP contribution in [-0.2, 0) is 0 Å². The molecule has 2 aromatic heterocycles. The zero-order valence-corrected chi connectivity index (χ0v) is 14.9. The van der Waals surface area contributed by atoms with Gasteiger partial charge in [0, 0.05) is 34.6 Å². The van der Waals surface area contributed by atoms with Crippen molar-refractivity contribution in [3.05, 3.63) is 96.3 Å². The zero-order chi connectivity index (χ0) is 19.3. The molecule has 0 unspecified atom stereocenters. The van der Waals surface area contributed by atoms with Gasteiger partial charge in [-0.3, -0.25) is 19.6 Å². The standard InChI is InChI=1S/C24H16N2O2/c27-15-17-1-5-19(6-2-17)21-9-11-23(25-13-21)24-12-10-22(14-26-24)20-7-3-18(16-28)4-8-20/h1-16H. The molecular formula is C24H16N2O2. The van der Waals surface area contributed by atoms with E-state index in [-0.39, 0.29) is 0 Å². The highest BCUT2D eigenvalue weighted by Gasteiger charge is 2.05. The van der Waals surface area contributed by atoms with Gasteiger partial charge in [-0.05, 0) is 23.3 Å². The van der Waals surface area contributed by atoms with E-state index >= 15 is 0 Å². The summed E-state index contributed by atoms with van der Waals surface area (Å²) in [5.74, 6) is 0. The number of aldehydes is 2. The van der Waals surface area contributed by atoms with Crippen LogP contribution in [0.5, 0.6) is 0 Å². The Morgan fingerprint density at radius 1 is 0.464 bits per heavy atom. The van der Waals surface area contributed by atoms with E-state index in [0.717, 1.165) is 46.2 Å². The molecule has 2 heterocycles. The van der Waals surface area contributed by atoms with Crippen molar-refractivity contribution < 1.29 is 9.59 Å². The Balaban J connectivity index is 1.55. The predicted molar refractivity (Wildman–Crippen MR) is 109 cm³/mol. The van der Waals surface area contributed by atoms with Crippen LogP contribution in [0.3, 0.4) is 0 Å². The Morgan fingerprint density at radius 2 is 0.821 bits per heavy atom. The van der Waals surface area contributed by atoms with Gasteiger partial charge in [0.05, 0.1) is 11.4 Å². The summed E-state index contributed by atoms with van der Waals surface area (Å²) in [6.07, 6.45) is 5.27. The summed E-state index contributed by atoms with van der Waals surface area (Å²) in [4.78, 5) is 30.6. The Labute approximate surface area is 162 Å². The van der Waals surface area contributed by atoms with Crippen LogP contribution >= 0.6 is 0 Å². The number of carbonyl (C=O) groups excluding carboxylic acids is 2. The van der Waals surface area contributed by atoms with Crippen LogP contribution in [0.1, 0.15) is 20.7 Å². The SMILES string of the molecule is O=Cc1ccc(-c2ccc(-c3ccc(-c4ccc(C=O)cc4)cn3)nc2)cc1. The zero-order valence-electron chi connectivity index (χ0n) is 14.9. The normalized spacial score (nSPS) is 10.4. The summed E-state index contributed by atoms with van der Waals surface area (Å²) in [6.45, 7) is 0. The minimum Gasteiger partial charge on any atom is -0.298 e. The van der Waals surface area contributed by atoms with Crippen molar-refractivity contribution >= 4 is 12.6 Å². The van der Waals surface area contributed by atoms with Gasteiger partial charge in [-0.15, -0.1) is 0 Å². The lowest BCUT2D eigenvalue weighted by molar-refractivity contribution is 0.111. The summed E-state index contributed by atoms with van der Waals surface area (Å²) in [7, 11) is 0. The Hall–Kier alpha value is -3.92. The molecule has 2 aromatic carbocycles. The third-order valence-electron chi connectivity index (χ3n) is 4.55. The van der Waals surface area contributed by atoms with Crippen molar-refractivity contribution in [2.45, 2.75) is 0 Å². The van der Waals surface area contributed by atoms with E-state index in [1.54, 1.807) is 36.7 Å². The molecule has 0 fully saturated rings. The smallest absolute Gasteiger partial charge is 0.150 e. The first-order valence-corrected chi connectivity index (χ1v) is 8.80. The van der Waals surface area contributed by atoms with E-state index in [1.165, 1.54) is 0 Å². The first-order valence-electron chi connectivity index (χ1n) is 8.80. The molecule has 0 saturated carbocycles. The van der Waals surface area contributed by atoms with E-state index in [9.17, 15) is 9.59 Å². The van der Waals surface area contributed by atoms with Gasteiger partial charge in [-0.1, -0.05) is 60.7 Å². The summed E-state index contributed by atoms with van der Waals surface area (Å²) < 4.78 is 0. The molecule has 4 rings (SSSR count). The third-order valence-corrected chi connectivity index (χ3v) is 4.55. The second kappa shape index (κ2) is 7.76. The quantitative estimate of drug-likeness (QED) is 0.462. The van der Waals surface area contributed by atoms with Gasteiger partial charge in [-0.2, -0.15) is 0 Å². The highest BCUT2D eigenvalue weighted by molar-refractivity contribution is 5.78. The maximum absolute atomic E-state index is 10.8. The lowest BCUT2D eigenvalue weighted by atomic mass is 10.0. The fraction of sp³-hybridized carbons (Fsp3) is 0. The summed E-state index contributed by atoms with van der Waals surface area (Å²) >= 11 is 0. The molecule has 0 atom stereocenters. The van der Waals surface area contributed by atoms with Crippen molar-refractivity contribution in [2.75, 3.05) is 0 Å². The van der Waals surface area contributed by atoms with E-state index < -0.39 is 0 Å². The molecular weight excluding hydrogens is 348 g/mol. The fourth-order valence-corrected chi connectivity index (χ4v) is 2.94. The molecule has 0 aliphatic rings. The molecule has 0 saturated heterocycles. The average Bonchev–Trinajstić information content (AvgIpc) is 2.79. The minimum atomic E-state index is 0.651. The molecule has 4 aromatic rings. The predicted octanol–water partition coefficient (Wildman–Crippen LogP) is 5.10. The van der Waals surface area contributed by atoms with Gasteiger partial charge in [-0.25, -0.2) is 0 Å². The summed E-state index contributed by atoms with van der Waals surface area (Å²) in [5, 5.41) is 0. The molecule has 28 heavy (non-hydrogen) atoms. The monoisotopic (exact) mass is 364 g/mol. The molecule has 0 radical (unpaired) electrons. The van der Waals surface area contributed by atoms with E-state index in [4.69, 9.17) is 0 Å². The number of carbonyl (C=O) groups is 2. The number of aromatic nitrogens is 2. The van der Waals surface area contributed by atoms with Gasteiger partial charge in [0.1, 0.15) is 12.6 Å². The number of benzene rings is 2. The van der Waals surface area contributed by atoms with Crippen LogP contribution in [0.2, 0.25) is 0 Å². The third kappa shape index (κ3) is 3.62. The number of pyridine rings is 2. The average molecular weight is 364 g/mol. The van der Waals surface area contributed by atoms with E-state index in [1.807, 2.05) is 48.5 Å². The van der Waals surface area contributed by atoms with Crippen molar-refractivity contribution in [2.24, 2.45) is 0 Å². The highest BCUT2D eigenvalue weighted by atomic mass is 16.1. The summed E-state index contributed by atoms with van der Waals surface area (Å²) in [6, 6.07) is 22.6. The first-order chi connectivity index (χ1) is 13.8. The van der Waals surface area contributed by atoms with Crippen molar-refractivity contribution in [1.29, 1.82) is 0 Å². The highest BCUT2D eigenvalue weighted by Crippen LogP contribution is 2.24. The van der Waals surface area contributed by atoms with Crippen molar-refractivity contribution in [1.82, 2.24) is 9.97 Å². The van der Waals surface area contributed by atoms with Gasteiger partial charge >= 0.3 is 0 Å². The molecule has 0 bridgehead atoms. The number of nitrogens with zero attached hydrogens (tertiary/aromatic N) is 2. The van der Waals surface area contributed by atoms with Crippen LogP contribution in [0.25, 0.3) is 33.6 Å². The van der Waals surface area contributed by atoms with Crippen molar-refractivity contribution in [3.8, 4) is 33.6 Å². The van der Waals surface area contributed by atoms with Gasteiger partial charge < -0.3 is 0 Å². The van der Waals surface area contributed by atoms with Crippen molar-refractivity contribution in [3.63, 3.8) is 0 Å². The minimum absolute atomic E-state index is 0.651. The number of hydrogen-bond acceptors (Lipinski definition) is 4. The van der Waals surface area contributed by atoms with Crippen LogP contribution in [0.4, 0.5) is 0 Å². The second-order valence-corrected chi connectivity index (χ2v) is 6.34. The topological polar surface area (TPSA) is 59.9 Å². The number of hydrogen-bond donors (Lipinski definition) is 0. The van der Waals surface area contributed by atoms with Crippen LogP contribution in [-0.4, -0.2) is 22.5 Å². The maximum atomic E-state index is 10.8. The van der Waals surface area contributed by atoms with Gasteiger partial charge in [0.15, 0.2) is 0 Å². The van der Waals surface area contributed by atoms with Gasteiger partial charge in [0.2, 0.25) is 0 Å². The molecule has 0 amide bonds.